The number of rotatable bonds is 8. The molecule has 0 bridgehead atoms. The largest absolute Gasteiger partial charge is 0.573 e. The van der Waals surface area contributed by atoms with Gasteiger partial charge >= 0.3 is 6.36 Å². The number of aliphatic hydroxyl groups excluding tert-OH is 2. The van der Waals surface area contributed by atoms with Crippen molar-refractivity contribution in [2.75, 3.05) is 17.2 Å². The molecule has 0 saturated heterocycles. The second-order valence-electron chi connectivity index (χ2n) is 10.5. The number of halogens is 3. The molecule has 4 atom stereocenters. The fourth-order valence-electron chi connectivity index (χ4n) is 5.31. The maximum atomic E-state index is 12.7. The average molecular weight is 605 g/mol. The Labute approximate surface area is 243 Å². The van der Waals surface area contributed by atoms with Crippen molar-refractivity contribution in [1.82, 2.24) is 19.9 Å². The first kappa shape index (κ1) is 29.9. The summed E-state index contributed by atoms with van der Waals surface area (Å²) < 4.78 is 42.9. The molecule has 3 heterocycles. The second kappa shape index (κ2) is 11.2. The Morgan fingerprint density at radius 3 is 2.55 bits per heavy atom. The lowest BCUT2D eigenvalue weighted by Gasteiger charge is -2.31. The summed E-state index contributed by atoms with van der Waals surface area (Å²) in [6.07, 6.45) is -3.76. The van der Waals surface area contributed by atoms with Crippen molar-refractivity contribution in [1.29, 1.82) is 0 Å². The third kappa shape index (κ3) is 5.98. The van der Waals surface area contributed by atoms with Gasteiger partial charge in [0.1, 0.15) is 28.2 Å². The van der Waals surface area contributed by atoms with Gasteiger partial charge in [0.05, 0.1) is 27.7 Å². The maximum Gasteiger partial charge on any atom is 0.573 e. The molecule has 5 rings (SSSR count). The molecule has 0 unspecified atom stereocenters. The zero-order valence-electron chi connectivity index (χ0n) is 23.3. The first-order valence-corrected chi connectivity index (χ1v) is 14.1. The lowest BCUT2D eigenvalue weighted by Crippen LogP contribution is -2.48. The van der Waals surface area contributed by atoms with Crippen LogP contribution in [0.2, 0.25) is 0 Å². The third-order valence-corrected chi connectivity index (χ3v) is 8.52. The fraction of sp³-hybridized carbons (Fsp3) is 0.429. The lowest BCUT2D eigenvalue weighted by atomic mass is 10.0. The molecule has 3 aromatic heterocycles. The molecule has 1 aliphatic rings. The van der Waals surface area contributed by atoms with Gasteiger partial charge in [0.25, 0.3) is 0 Å². The molecule has 4 aromatic rings. The number of fused-ring (bicyclic) bond motifs is 1. The Balaban J connectivity index is 1.52. The van der Waals surface area contributed by atoms with Crippen LogP contribution in [0.4, 0.5) is 24.9 Å². The molecule has 1 aliphatic carbocycles. The van der Waals surface area contributed by atoms with Crippen molar-refractivity contribution in [2.45, 2.75) is 64.8 Å². The van der Waals surface area contributed by atoms with E-state index in [9.17, 15) is 28.5 Å². The summed E-state index contributed by atoms with van der Waals surface area (Å²) in [6.45, 7) is 6.85. The number of aliphatic hydroxyl groups is 3. The molecule has 224 valence electrons. The van der Waals surface area contributed by atoms with E-state index in [2.05, 4.69) is 30.3 Å². The highest BCUT2D eigenvalue weighted by Gasteiger charge is 2.47. The van der Waals surface area contributed by atoms with E-state index < -0.39 is 30.2 Å². The quantitative estimate of drug-likeness (QED) is 0.174. The van der Waals surface area contributed by atoms with Crippen LogP contribution in [0.3, 0.4) is 0 Å². The minimum atomic E-state index is -4.79. The Hall–Kier alpha value is -3.59. The molecule has 14 heteroatoms. The van der Waals surface area contributed by atoms with Gasteiger partial charge in [-0.15, -0.1) is 24.5 Å². The SMILES string of the molecule is Cc1cc(OC(F)(F)F)ccc1[C@H](C)Nc1nc(C)c(-c2nc3c(C)nccc3s2)c(N[C@@]2(O)CC[C@H](CO)[C@H]2O)n1. The minimum absolute atomic E-state index is 0.176. The van der Waals surface area contributed by atoms with E-state index in [4.69, 9.17) is 4.98 Å². The first-order chi connectivity index (χ1) is 19.8. The van der Waals surface area contributed by atoms with Gasteiger partial charge in [0.15, 0.2) is 5.72 Å². The molecule has 0 amide bonds. The van der Waals surface area contributed by atoms with E-state index in [0.29, 0.717) is 33.8 Å². The zero-order chi connectivity index (χ0) is 30.4. The number of alkyl halides is 3. The minimum Gasteiger partial charge on any atom is -0.406 e. The number of aryl methyl sites for hydroxylation is 3. The van der Waals surface area contributed by atoms with Crippen LogP contribution in [0.15, 0.2) is 30.5 Å². The standard InChI is InChI=1S/C28H31F3N6O4S/c1-13-11-18(41-28(29,30)31)5-6-19(13)14(2)33-26-34-15(3)21(25-35-22-16(4)32-10-8-20(22)42-25)24(36-26)37-27(40)9-7-17(12-38)23(27)39/h5-6,8,10-11,14,17,23,38-40H,7,9,12H2,1-4H3,(H2,33,34,36,37)/t14-,17+,23+,27+/m0/s1. The van der Waals surface area contributed by atoms with E-state index in [1.807, 2.05) is 19.9 Å². The van der Waals surface area contributed by atoms with Gasteiger partial charge in [-0.05, 0) is 69.9 Å². The molecule has 1 saturated carbocycles. The van der Waals surface area contributed by atoms with Crippen molar-refractivity contribution >= 4 is 33.3 Å². The summed E-state index contributed by atoms with van der Waals surface area (Å²) in [6, 6.07) is 5.53. The summed E-state index contributed by atoms with van der Waals surface area (Å²) >= 11 is 1.41. The van der Waals surface area contributed by atoms with E-state index in [1.54, 1.807) is 26.1 Å². The number of nitrogens with one attached hydrogen (secondary N) is 2. The highest BCUT2D eigenvalue weighted by atomic mass is 32.1. The van der Waals surface area contributed by atoms with Gasteiger partial charge in [-0.2, -0.15) is 4.98 Å². The average Bonchev–Trinajstić information content (AvgIpc) is 3.44. The Morgan fingerprint density at radius 1 is 1.14 bits per heavy atom. The van der Waals surface area contributed by atoms with E-state index in [-0.39, 0.29) is 30.5 Å². The van der Waals surface area contributed by atoms with Crippen LogP contribution in [0.1, 0.15) is 48.3 Å². The molecule has 1 aromatic carbocycles. The molecule has 5 N–H and O–H groups in total. The van der Waals surface area contributed by atoms with Gasteiger partial charge in [-0.3, -0.25) is 4.98 Å². The zero-order valence-corrected chi connectivity index (χ0v) is 24.1. The Bertz CT molecular complexity index is 1620. The molecular weight excluding hydrogens is 573 g/mol. The number of ether oxygens (including phenoxy) is 1. The first-order valence-electron chi connectivity index (χ1n) is 13.3. The molecule has 0 aliphatic heterocycles. The predicted octanol–water partition coefficient (Wildman–Crippen LogP) is 5.01. The van der Waals surface area contributed by atoms with Crippen molar-refractivity contribution in [3.05, 3.63) is 53.0 Å². The van der Waals surface area contributed by atoms with Crippen LogP contribution in [0.5, 0.6) is 5.75 Å². The topological polar surface area (TPSA) is 146 Å². The monoisotopic (exact) mass is 604 g/mol. The van der Waals surface area contributed by atoms with Crippen molar-refractivity contribution in [3.8, 4) is 16.3 Å². The molecular formula is C28H31F3N6O4S. The van der Waals surface area contributed by atoms with Crippen LogP contribution >= 0.6 is 11.3 Å². The predicted molar refractivity (Wildman–Crippen MR) is 152 cm³/mol. The normalized spacial score (nSPS) is 21.5. The fourth-order valence-corrected chi connectivity index (χ4v) is 6.42. The number of anilines is 2. The summed E-state index contributed by atoms with van der Waals surface area (Å²) in [5.74, 6) is -0.401. The van der Waals surface area contributed by atoms with Crippen molar-refractivity contribution in [3.63, 3.8) is 0 Å². The molecule has 10 nitrogen and oxygen atoms in total. The van der Waals surface area contributed by atoms with Crippen LogP contribution in [0.25, 0.3) is 20.8 Å². The smallest absolute Gasteiger partial charge is 0.406 e. The highest BCUT2D eigenvalue weighted by Crippen LogP contribution is 2.41. The number of benzene rings is 1. The number of pyridine rings is 1. The van der Waals surface area contributed by atoms with Crippen molar-refractivity contribution < 1.29 is 33.2 Å². The number of aromatic nitrogens is 4. The second-order valence-corrected chi connectivity index (χ2v) is 11.6. The third-order valence-electron chi connectivity index (χ3n) is 7.48. The summed E-state index contributed by atoms with van der Waals surface area (Å²) in [5, 5.41) is 38.6. The van der Waals surface area contributed by atoms with Crippen molar-refractivity contribution in [2.24, 2.45) is 5.92 Å². The van der Waals surface area contributed by atoms with Gasteiger partial charge in [0.2, 0.25) is 5.95 Å². The van der Waals surface area contributed by atoms with Crippen LogP contribution in [-0.2, 0) is 0 Å². The Kier molecular flexibility index (Phi) is 8.00. The number of hydrogen-bond acceptors (Lipinski definition) is 11. The summed E-state index contributed by atoms with van der Waals surface area (Å²) in [7, 11) is 0. The van der Waals surface area contributed by atoms with Gasteiger partial charge in [-0.25, -0.2) is 9.97 Å². The summed E-state index contributed by atoms with van der Waals surface area (Å²) in [5.41, 5.74) is 2.07. The van der Waals surface area contributed by atoms with Crippen LogP contribution in [-0.4, -0.2) is 60.1 Å². The Morgan fingerprint density at radius 2 is 1.90 bits per heavy atom. The molecule has 1 fully saturated rings. The number of nitrogens with zero attached hydrogens (tertiary/aromatic N) is 4. The number of thiazole rings is 1. The molecule has 0 radical (unpaired) electrons. The molecule has 42 heavy (non-hydrogen) atoms. The van der Waals surface area contributed by atoms with Gasteiger partial charge in [0, 0.05) is 18.7 Å². The van der Waals surface area contributed by atoms with Crippen LogP contribution < -0.4 is 15.4 Å². The van der Waals surface area contributed by atoms with Gasteiger partial charge < -0.3 is 30.7 Å². The maximum absolute atomic E-state index is 12.7. The number of hydrogen-bond donors (Lipinski definition) is 5. The van der Waals surface area contributed by atoms with Crippen LogP contribution in [0, 0.1) is 26.7 Å². The van der Waals surface area contributed by atoms with Gasteiger partial charge in [-0.1, -0.05) is 6.07 Å². The van der Waals surface area contributed by atoms with E-state index in [1.165, 1.54) is 23.5 Å². The summed E-state index contributed by atoms with van der Waals surface area (Å²) in [4.78, 5) is 18.4. The molecule has 0 spiro atoms. The van der Waals surface area contributed by atoms with E-state index in [0.717, 1.165) is 15.9 Å². The lowest BCUT2D eigenvalue weighted by molar-refractivity contribution is -0.274. The highest BCUT2D eigenvalue weighted by molar-refractivity contribution is 7.21. The van der Waals surface area contributed by atoms with E-state index >= 15 is 0 Å².